The molecule has 2 aromatic carbocycles. The van der Waals surface area contributed by atoms with Crippen LogP contribution in [0.4, 0.5) is 5.69 Å². The van der Waals surface area contributed by atoms with Crippen molar-refractivity contribution < 1.29 is 0 Å². The minimum absolute atomic E-state index is 0.705. The number of nitrogens with zero attached hydrogens (tertiary/aromatic N) is 2. The number of nitrogens with two attached hydrogens (primary N) is 1. The van der Waals surface area contributed by atoms with Gasteiger partial charge in [-0.1, -0.05) is 43.1 Å². The van der Waals surface area contributed by atoms with E-state index in [1.807, 2.05) is 36.4 Å². The van der Waals surface area contributed by atoms with E-state index < -0.39 is 0 Å². The second-order valence-electron chi connectivity index (χ2n) is 5.14. The fraction of sp³-hybridized carbons (Fsp3) is 0.235. The highest BCUT2D eigenvalue weighted by atomic mass is 35.5. The van der Waals surface area contributed by atoms with Gasteiger partial charge in [0, 0.05) is 12.1 Å². The van der Waals surface area contributed by atoms with Crippen LogP contribution >= 0.6 is 11.6 Å². The van der Waals surface area contributed by atoms with E-state index in [9.17, 15) is 0 Å². The molecule has 1 aromatic heterocycles. The molecule has 2 N–H and O–H groups in total. The maximum absolute atomic E-state index is 6.35. The first-order chi connectivity index (χ1) is 10.2. The fourth-order valence-electron chi connectivity index (χ4n) is 2.56. The molecule has 4 heteroatoms. The molecule has 0 saturated heterocycles. The van der Waals surface area contributed by atoms with Crippen molar-refractivity contribution in [2.45, 2.75) is 26.3 Å². The second-order valence-corrected chi connectivity index (χ2v) is 5.54. The van der Waals surface area contributed by atoms with Crippen molar-refractivity contribution in [1.29, 1.82) is 0 Å². The van der Waals surface area contributed by atoms with Crippen molar-refractivity contribution in [3.8, 4) is 11.4 Å². The molecule has 0 aliphatic carbocycles. The Hall–Kier alpha value is -2.00. The van der Waals surface area contributed by atoms with E-state index in [-0.39, 0.29) is 0 Å². The van der Waals surface area contributed by atoms with Gasteiger partial charge in [-0.3, -0.25) is 0 Å². The Labute approximate surface area is 129 Å². The third kappa shape index (κ3) is 2.49. The lowest BCUT2D eigenvalue weighted by Gasteiger charge is -2.09. The summed E-state index contributed by atoms with van der Waals surface area (Å²) in [6, 6.07) is 13.7. The molecule has 0 spiro atoms. The zero-order chi connectivity index (χ0) is 14.8. The van der Waals surface area contributed by atoms with Crippen molar-refractivity contribution in [3.63, 3.8) is 0 Å². The van der Waals surface area contributed by atoms with Crippen LogP contribution in [0.15, 0.2) is 42.5 Å². The monoisotopic (exact) mass is 299 g/mol. The van der Waals surface area contributed by atoms with Crippen molar-refractivity contribution in [1.82, 2.24) is 9.55 Å². The Morgan fingerprint density at radius 2 is 1.95 bits per heavy atom. The van der Waals surface area contributed by atoms with Gasteiger partial charge in [-0.15, -0.1) is 0 Å². The van der Waals surface area contributed by atoms with Gasteiger partial charge < -0.3 is 10.3 Å². The summed E-state index contributed by atoms with van der Waals surface area (Å²) < 4.78 is 2.22. The molecule has 1 heterocycles. The van der Waals surface area contributed by atoms with Crippen molar-refractivity contribution in [3.05, 3.63) is 47.5 Å². The van der Waals surface area contributed by atoms with Crippen molar-refractivity contribution >= 4 is 28.3 Å². The number of nitrogen functional groups attached to an aromatic ring is 1. The van der Waals surface area contributed by atoms with E-state index in [0.29, 0.717) is 10.7 Å². The molecule has 0 aliphatic heterocycles. The number of aromatic nitrogens is 2. The summed E-state index contributed by atoms with van der Waals surface area (Å²) in [5.41, 5.74) is 9.65. The molecule has 3 nitrogen and oxygen atoms in total. The summed E-state index contributed by atoms with van der Waals surface area (Å²) in [4.78, 5) is 4.75. The number of anilines is 1. The van der Waals surface area contributed by atoms with Crippen LogP contribution in [-0.2, 0) is 6.54 Å². The van der Waals surface area contributed by atoms with Gasteiger partial charge in [-0.05, 0) is 30.7 Å². The predicted molar refractivity (Wildman–Crippen MR) is 89.5 cm³/mol. The van der Waals surface area contributed by atoms with Gasteiger partial charge >= 0.3 is 0 Å². The highest BCUT2D eigenvalue weighted by Crippen LogP contribution is 2.32. The zero-order valence-corrected chi connectivity index (χ0v) is 12.8. The first-order valence-electron chi connectivity index (χ1n) is 7.22. The molecular formula is C17H18ClN3. The molecule has 108 valence electrons. The van der Waals surface area contributed by atoms with Gasteiger partial charge in [0.1, 0.15) is 11.3 Å². The number of benzene rings is 2. The van der Waals surface area contributed by atoms with Crippen LogP contribution in [0.3, 0.4) is 0 Å². The Kier molecular flexibility index (Phi) is 3.84. The first-order valence-corrected chi connectivity index (χ1v) is 7.59. The lowest BCUT2D eigenvalue weighted by molar-refractivity contribution is 0.651. The second kappa shape index (κ2) is 5.78. The lowest BCUT2D eigenvalue weighted by Crippen LogP contribution is -2.00. The van der Waals surface area contributed by atoms with Gasteiger partial charge in [0.2, 0.25) is 0 Å². The van der Waals surface area contributed by atoms with Crippen LogP contribution in [-0.4, -0.2) is 9.55 Å². The minimum atomic E-state index is 0.705. The lowest BCUT2D eigenvalue weighted by atomic mass is 10.2. The van der Waals surface area contributed by atoms with Crippen LogP contribution < -0.4 is 5.73 Å². The molecule has 0 bridgehead atoms. The maximum atomic E-state index is 6.35. The number of halogens is 1. The number of hydrogen-bond donors (Lipinski definition) is 1. The average Bonchev–Trinajstić information content (AvgIpc) is 2.85. The van der Waals surface area contributed by atoms with E-state index in [0.717, 1.165) is 41.8 Å². The summed E-state index contributed by atoms with van der Waals surface area (Å²) in [5.74, 6) is 0.891. The molecule has 0 saturated carbocycles. The van der Waals surface area contributed by atoms with Gasteiger partial charge in [-0.2, -0.15) is 0 Å². The number of para-hydroxylation sites is 1. The molecular weight excluding hydrogens is 282 g/mol. The number of fused-ring (bicyclic) bond motifs is 1. The highest BCUT2D eigenvalue weighted by Gasteiger charge is 2.15. The Balaban J connectivity index is 2.26. The molecule has 0 fully saturated rings. The minimum Gasteiger partial charge on any atom is -0.397 e. The molecule has 0 unspecified atom stereocenters. The fourth-order valence-corrected chi connectivity index (χ4v) is 2.78. The number of aryl methyl sites for hydroxylation is 1. The third-order valence-corrected chi connectivity index (χ3v) is 3.99. The average molecular weight is 300 g/mol. The summed E-state index contributed by atoms with van der Waals surface area (Å²) in [5, 5.41) is 0.712. The van der Waals surface area contributed by atoms with Gasteiger partial charge in [0.15, 0.2) is 0 Å². The Bertz CT molecular complexity index is 777. The summed E-state index contributed by atoms with van der Waals surface area (Å²) in [6.45, 7) is 3.10. The predicted octanol–water partition coefficient (Wildman–Crippen LogP) is 4.74. The van der Waals surface area contributed by atoms with Gasteiger partial charge in [0.05, 0.1) is 16.2 Å². The summed E-state index contributed by atoms with van der Waals surface area (Å²) in [6.07, 6.45) is 2.22. The Morgan fingerprint density at radius 3 is 2.71 bits per heavy atom. The quantitative estimate of drug-likeness (QED) is 0.707. The molecule has 0 atom stereocenters. The van der Waals surface area contributed by atoms with E-state index in [2.05, 4.69) is 17.6 Å². The smallest absolute Gasteiger partial charge is 0.142 e. The molecule has 0 amide bonds. The molecule has 3 rings (SSSR count). The standard InChI is InChI=1S/C17H18ClN3/c1-2-3-11-21-15-10-6-9-14(19)16(15)20-17(21)12-7-4-5-8-13(12)18/h4-10H,2-3,11,19H2,1H3. The number of imidazole rings is 1. The number of rotatable bonds is 4. The molecule has 21 heavy (non-hydrogen) atoms. The molecule has 3 aromatic rings. The summed E-state index contributed by atoms with van der Waals surface area (Å²) in [7, 11) is 0. The van der Waals surface area contributed by atoms with Crippen LogP contribution in [0.1, 0.15) is 19.8 Å². The van der Waals surface area contributed by atoms with Crippen LogP contribution in [0.5, 0.6) is 0 Å². The molecule has 0 aliphatic rings. The van der Waals surface area contributed by atoms with Crippen molar-refractivity contribution in [2.75, 3.05) is 5.73 Å². The van der Waals surface area contributed by atoms with Crippen molar-refractivity contribution in [2.24, 2.45) is 0 Å². The highest BCUT2D eigenvalue weighted by molar-refractivity contribution is 6.33. The van der Waals surface area contributed by atoms with E-state index in [1.165, 1.54) is 0 Å². The summed E-state index contributed by atoms with van der Waals surface area (Å²) >= 11 is 6.35. The largest absolute Gasteiger partial charge is 0.397 e. The van der Waals surface area contributed by atoms with Crippen LogP contribution in [0, 0.1) is 0 Å². The zero-order valence-electron chi connectivity index (χ0n) is 12.0. The number of unbranched alkanes of at least 4 members (excludes halogenated alkanes) is 1. The SMILES string of the molecule is CCCCn1c(-c2ccccc2Cl)nc2c(N)cccc21. The van der Waals surface area contributed by atoms with E-state index in [1.54, 1.807) is 0 Å². The van der Waals surface area contributed by atoms with Crippen LogP contribution in [0.25, 0.3) is 22.4 Å². The van der Waals surface area contributed by atoms with Gasteiger partial charge in [0.25, 0.3) is 0 Å². The maximum Gasteiger partial charge on any atom is 0.142 e. The number of hydrogen-bond acceptors (Lipinski definition) is 2. The topological polar surface area (TPSA) is 43.8 Å². The van der Waals surface area contributed by atoms with Crippen LogP contribution in [0.2, 0.25) is 5.02 Å². The van der Waals surface area contributed by atoms with E-state index in [4.69, 9.17) is 22.3 Å². The first kappa shape index (κ1) is 14.0. The third-order valence-electron chi connectivity index (χ3n) is 3.66. The Morgan fingerprint density at radius 1 is 1.14 bits per heavy atom. The normalized spacial score (nSPS) is 11.1. The van der Waals surface area contributed by atoms with E-state index >= 15 is 0 Å². The molecule has 0 radical (unpaired) electrons. The van der Waals surface area contributed by atoms with Gasteiger partial charge in [-0.25, -0.2) is 4.98 Å².